The predicted octanol–water partition coefficient (Wildman–Crippen LogP) is 2.02. The van der Waals surface area contributed by atoms with Crippen LogP contribution in [0.2, 0.25) is 0 Å². The average molecular weight is 324 g/mol. The van der Waals surface area contributed by atoms with E-state index in [0.717, 1.165) is 25.7 Å². The summed E-state index contributed by atoms with van der Waals surface area (Å²) in [6.07, 6.45) is 3.87. The van der Waals surface area contributed by atoms with Gasteiger partial charge in [0.25, 0.3) is 5.91 Å². The predicted molar refractivity (Wildman–Crippen MR) is 82.4 cm³/mol. The first-order valence-electron chi connectivity index (χ1n) is 7.45. The van der Waals surface area contributed by atoms with E-state index in [1.54, 1.807) is 19.9 Å². The summed E-state index contributed by atoms with van der Waals surface area (Å²) in [5, 5.41) is 2.72. The van der Waals surface area contributed by atoms with Crippen molar-refractivity contribution < 1.29 is 17.9 Å². The van der Waals surface area contributed by atoms with Crippen LogP contribution in [0.4, 0.5) is 5.69 Å². The van der Waals surface area contributed by atoms with Gasteiger partial charge in [0.1, 0.15) is 5.75 Å². The van der Waals surface area contributed by atoms with E-state index in [1.165, 1.54) is 12.1 Å². The lowest BCUT2D eigenvalue weighted by molar-refractivity contribution is -0.129. The molecule has 1 fully saturated rings. The van der Waals surface area contributed by atoms with Crippen molar-refractivity contribution in [2.24, 2.45) is 0 Å². The monoisotopic (exact) mass is 324 g/mol. The number of carbonyl (C=O) groups is 1. The zero-order chi connectivity index (χ0) is 16.0. The van der Waals surface area contributed by atoms with Crippen LogP contribution >= 0.6 is 0 Å². The molecule has 2 aliphatic rings. The molecular formula is C15H20N2O4S. The third kappa shape index (κ3) is 2.83. The molecule has 7 heteroatoms. The number of anilines is 1. The van der Waals surface area contributed by atoms with E-state index in [1.807, 2.05) is 0 Å². The first-order chi connectivity index (χ1) is 10.3. The fourth-order valence-corrected chi connectivity index (χ4v) is 4.10. The van der Waals surface area contributed by atoms with Gasteiger partial charge in [-0.05, 0) is 38.8 Å². The number of benzene rings is 1. The highest BCUT2D eigenvalue weighted by Gasteiger charge is 2.36. The van der Waals surface area contributed by atoms with Crippen LogP contribution in [0.25, 0.3) is 0 Å². The lowest BCUT2D eigenvalue weighted by atomic mass is 10.1. The third-order valence-corrected chi connectivity index (χ3v) is 5.62. The lowest BCUT2D eigenvalue weighted by Gasteiger charge is -2.31. The maximum Gasteiger partial charge on any atom is 0.268 e. The minimum absolute atomic E-state index is 0.0121. The molecule has 0 spiro atoms. The zero-order valence-corrected chi connectivity index (χ0v) is 13.5. The number of fused-ring (bicyclic) bond motifs is 1. The van der Waals surface area contributed by atoms with Crippen molar-refractivity contribution >= 4 is 21.6 Å². The lowest BCUT2D eigenvalue weighted by Crippen LogP contribution is -2.45. The van der Waals surface area contributed by atoms with Gasteiger partial charge in [0.15, 0.2) is 5.60 Å². The van der Waals surface area contributed by atoms with Crippen molar-refractivity contribution in [3.8, 4) is 5.75 Å². The topological polar surface area (TPSA) is 84.5 Å². The van der Waals surface area contributed by atoms with Crippen LogP contribution in [0.3, 0.4) is 0 Å². The van der Waals surface area contributed by atoms with Crippen molar-refractivity contribution in [2.45, 2.75) is 56.1 Å². The number of ether oxygens (including phenoxy) is 1. The van der Waals surface area contributed by atoms with Gasteiger partial charge in [0, 0.05) is 12.1 Å². The van der Waals surface area contributed by atoms with Crippen LogP contribution in [0.1, 0.15) is 39.5 Å². The van der Waals surface area contributed by atoms with E-state index < -0.39 is 15.6 Å². The minimum Gasteiger partial charge on any atom is -0.476 e. The third-order valence-electron chi connectivity index (χ3n) is 4.10. The van der Waals surface area contributed by atoms with Crippen LogP contribution < -0.4 is 14.8 Å². The summed E-state index contributed by atoms with van der Waals surface area (Å²) in [7, 11) is -3.57. The van der Waals surface area contributed by atoms with E-state index >= 15 is 0 Å². The summed E-state index contributed by atoms with van der Waals surface area (Å²) in [5.74, 6) is 0.124. The second-order valence-electron chi connectivity index (χ2n) is 6.33. The molecule has 0 unspecified atom stereocenters. The highest BCUT2D eigenvalue weighted by atomic mass is 32.2. The van der Waals surface area contributed by atoms with Gasteiger partial charge in [-0.3, -0.25) is 4.79 Å². The highest BCUT2D eigenvalue weighted by Crippen LogP contribution is 2.35. The molecule has 1 heterocycles. The van der Waals surface area contributed by atoms with Gasteiger partial charge < -0.3 is 10.1 Å². The summed E-state index contributed by atoms with van der Waals surface area (Å²) in [6.45, 7) is 3.28. The van der Waals surface area contributed by atoms with Crippen molar-refractivity contribution in [2.75, 3.05) is 5.32 Å². The molecular weight excluding hydrogens is 304 g/mol. The fourth-order valence-electron chi connectivity index (χ4n) is 2.78. The van der Waals surface area contributed by atoms with E-state index in [9.17, 15) is 13.2 Å². The summed E-state index contributed by atoms with van der Waals surface area (Å²) >= 11 is 0. The number of rotatable bonds is 3. The summed E-state index contributed by atoms with van der Waals surface area (Å²) in [6, 6.07) is 4.52. The van der Waals surface area contributed by atoms with Gasteiger partial charge in [-0.1, -0.05) is 12.8 Å². The molecule has 1 saturated carbocycles. The molecule has 0 aromatic heterocycles. The van der Waals surface area contributed by atoms with Gasteiger partial charge in [-0.15, -0.1) is 0 Å². The number of sulfonamides is 1. The number of amides is 1. The van der Waals surface area contributed by atoms with Crippen LogP contribution in [0, 0.1) is 0 Å². The summed E-state index contributed by atoms with van der Waals surface area (Å²) < 4.78 is 33.3. The average Bonchev–Trinajstić information content (AvgIpc) is 2.91. The Morgan fingerprint density at radius 1 is 1.27 bits per heavy atom. The molecule has 0 saturated heterocycles. The SMILES string of the molecule is CC1(C)Oc2cc(S(=O)(=O)NC3CCCC3)ccc2NC1=O. The molecule has 0 radical (unpaired) electrons. The molecule has 120 valence electrons. The molecule has 1 aliphatic carbocycles. The Morgan fingerprint density at radius 3 is 2.64 bits per heavy atom. The Kier molecular flexibility index (Phi) is 3.65. The molecule has 1 amide bonds. The van der Waals surface area contributed by atoms with Gasteiger partial charge in [0.2, 0.25) is 10.0 Å². The fraction of sp³-hybridized carbons (Fsp3) is 0.533. The normalized spacial score (nSPS) is 21.1. The van der Waals surface area contributed by atoms with Gasteiger partial charge in [-0.2, -0.15) is 0 Å². The quantitative estimate of drug-likeness (QED) is 0.891. The maximum absolute atomic E-state index is 12.4. The molecule has 1 aromatic rings. The van der Waals surface area contributed by atoms with Crippen molar-refractivity contribution in [3.05, 3.63) is 18.2 Å². The van der Waals surface area contributed by atoms with Crippen molar-refractivity contribution in [3.63, 3.8) is 0 Å². The zero-order valence-electron chi connectivity index (χ0n) is 12.7. The smallest absolute Gasteiger partial charge is 0.268 e. The Balaban J connectivity index is 1.88. The molecule has 22 heavy (non-hydrogen) atoms. The van der Waals surface area contributed by atoms with Crippen LogP contribution in [-0.4, -0.2) is 26.0 Å². The first kappa shape index (κ1) is 15.3. The van der Waals surface area contributed by atoms with E-state index in [4.69, 9.17) is 4.74 Å². The van der Waals surface area contributed by atoms with Crippen molar-refractivity contribution in [1.82, 2.24) is 4.72 Å². The molecule has 2 N–H and O–H groups in total. The van der Waals surface area contributed by atoms with Gasteiger partial charge in [-0.25, -0.2) is 13.1 Å². The van der Waals surface area contributed by atoms with Crippen LogP contribution in [0.5, 0.6) is 5.75 Å². The number of nitrogens with one attached hydrogen (secondary N) is 2. The Hall–Kier alpha value is -1.60. The molecule has 3 rings (SSSR count). The van der Waals surface area contributed by atoms with E-state index in [-0.39, 0.29) is 16.8 Å². The Bertz CT molecular complexity index is 706. The van der Waals surface area contributed by atoms with Crippen molar-refractivity contribution in [1.29, 1.82) is 0 Å². The van der Waals surface area contributed by atoms with E-state index in [0.29, 0.717) is 11.4 Å². The Labute approximate surface area is 130 Å². The largest absolute Gasteiger partial charge is 0.476 e. The number of carbonyl (C=O) groups excluding carboxylic acids is 1. The highest BCUT2D eigenvalue weighted by molar-refractivity contribution is 7.89. The maximum atomic E-state index is 12.4. The Morgan fingerprint density at radius 2 is 1.95 bits per heavy atom. The standard InChI is InChI=1S/C15H20N2O4S/c1-15(2)14(18)16-12-8-7-11(9-13(12)21-15)22(19,20)17-10-5-3-4-6-10/h7-10,17H,3-6H2,1-2H3,(H,16,18). The minimum atomic E-state index is -3.57. The number of hydrogen-bond donors (Lipinski definition) is 2. The second kappa shape index (κ2) is 5.24. The summed E-state index contributed by atoms with van der Waals surface area (Å²) in [5.41, 5.74) is -0.530. The van der Waals surface area contributed by atoms with Crippen LogP contribution in [-0.2, 0) is 14.8 Å². The molecule has 1 aliphatic heterocycles. The molecule has 0 bridgehead atoms. The molecule has 0 atom stereocenters. The van der Waals surface area contributed by atoms with Crippen LogP contribution in [0.15, 0.2) is 23.1 Å². The summed E-state index contributed by atoms with van der Waals surface area (Å²) in [4.78, 5) is 12.0. The molecule has 1 aromatic carbocycles. The first-order valence-corrected chi connectivity index (χ1v) is 8.93. The number of hydrogen-bond acceptors (Lipinski definition) is 4. The van der Waals surface area contributed by atoms with E-state index in [2.05, 4.69) is 10.0 Å². The molecule has 6 nitrogen and oxygen atoms in total. The van der Waals surface area contributed by atoms with Gasteiger partial charge in [0.05, 0.1) is 10.6 Å². The van der Waals surface area contributed by atoms with Gasteiger partial charge >= 0.3 is 0 Å². The second-order valence-corrected chi connectivity index (χ2v) is 8.04.